The van der Waals surface area contributed by atoms with Crippen LogP contribution in [0.5, 0.6) is 0 Å². The minimum atomic E-state index is -4.40. The maximum absolute atomic E-state index is 11.9. The summed E-state index contributed by atoms with van der Waals surface area (Å²) in [5, 5.41) is 8.48. The van der Waals surface area contributed by atoms with E-state index in [-0.39, 0.29) is 6.54 Å². The van der Waals surface area contributed by atoms with E-state index in [1.54, 1.807) is 12.4 Å². The fourth-order valence-corrected chi connectivity index (χ4v) is 1.14. The molecule has 1 heterocycles. The smallest absolute Gasteiger partial charge is 0.346 e. The van der Waals surface area contributed by atoms with Gasteiger partial charge in [0.2, 0.25) is 5.91 Å². The Morgan fingerprint density at radius 3 is 2.72 bits per heavy atom. The van der Waals surface area contributed by atoms with Gasteiger partial charge in [0.05, 0.1) is 12.6 Å². The highest BCUT2D eigenvalue weighted by molar-refractivity contribution is 5.81. The van der Waals surface area contributed by atoms with Crippen LogP contribution in [0.1, 0.15) is 12.7 Å². The fourth-order valence-electron chi connectivity index (χ4n) is 1.14. The maximum Gasteiger partial charge on any atom is 0.405 e. The van der Waals surface area contributed by atoms with E-state index in [1.165, 1.54) is 17.9 Å². The number of carbonyl (C=O) groups is 1. The standard InChI is InChI=1S/C9H14F3N5O/c1-6(8(18)14-4-9(10,11)12)13-3-7-15-5-17(2)16-7/h5-6,13H,3-4H2,1-2H3,(H,14,18). The van der Waals surface area contributed by atoms with Crippen LogP contribution in [0.15, 0.2) is 6.33 Å². The van der Waals surface area contributed by atoms with Crippen molar-refractivity contribution in [2.24, 2.45) is 7.05 Å². The molecule has 0 radical (unpaired) electrons. The number of alkyl halides is 3. The molecule has 0 fully saturated rings. The predicted molar refractivity (Wildman–Crippen MR) is 56.4 cm³/mol. The van der Waals surface area contributed by atoms with Crippen LogP contribution >= 0.6 is 0 Å². The summed E-state index contributed by atoms with van der Waals surface area (Å²) in [7, 11) is 1.69. The average molecular weight is 265 g/mol. The van der Waals surface area contributed by atoms with E-state index < -0.39 is 24.7 Å². The molecule has 0 aliphatic carbocycles. The van der Waals surface area contributed by atoms with Crippen LogP contribution in [0, 0.1) is 0 Å². The van der Waals surface area contributed by atoms with Crippen molar-refractivity contribution >= 4 is 5.91 Å². The molecular formula is C9H14F3N5O. The minimum absolute atomic E-state index is 0.210. The van der Waals surface area contributed by atoms with Crippen LogP contribution in [0.3, 0.4) is 0 Å². The lowest BCUT2D eigenvalue weighted by atomic mass is 10.3. The van der Waals surface area contributed by atoms with E-state index in [2.05, 4.69) is 15.4 Å². The number of nitrogens with zero attached hydrogens (tertiary/aromatic N) is 3. The Kier molecular flexibility index (Phi) is 4.65. The van der Waals surface area contributed by atoms with Gasteiger partial charge < -0.3 is 5.32 Å². The van der Waals surface area contributed by atoms with Gasteiger partial charge in [-0.1, -0.05) is 0 Å². The van der Waals surface area contributed by atoms with E-state index in [0.717, 1.165) is 0 Å². The number of halogens is 3. The first-order valence-electron chi connectivity index (χ1n) is 5.20. The van der Waals surface area contributed by atoms with Crippen LogP contribution in [0.25, 0.3) is 0 Å². The van der Waals surface area contributed by atoms with Gasteiger partial charge in [0.1, 0.15) is 12.9 Å². The van der Waals surface area contributed by atoms with E-state index in [4.69, 9.17) is 0 Å². The number of aromatic nitrogens is 3. The largest absolute Gasteiger partial charge is 0.405 e. The first-order valence-corrected chi connectivity index (χ1v) is 5.20. The van der Waals surface area contributed by atoms with E-state index >= 15 is 0 Å². The highest BCUT2D eigenvalue weighted by atomic mass is 19.4. The number of amides is 1. The molecule has 102 valence electrons. The van der Waals surface area contributed by atoms with Gasteiger partial charge in [-0.3, -0.25) is 14.8 Å². The molecule has 0 aliphatic rings. The van der Waals surface area contributed by atoms with Crippen LogP contribution in [-0.2, 0) is 18.4 Å². The third-order valence-corrected chi connectivity index (χ3v) is 2.07. The molecule has 1 atom stereocenters. The van der Waals surface area contributed by atoms with Gasteiger partial charge in [0, 0.05) is 7.05 Å². The predicted octanol–water partition coefficient (Wildman–Crippen LogP) is -0.0283. The summed E-state index contributed by atoms with van der Waals surface area (Å²) < 4.78 is 37.1. The summed E-state index contributed by atoms with van der Waals surface area (Å²) in [5.74, 6) is -0.253. The van der Waals surface area contributed by atoms with Gasteiger partial charge in [-0.25, -0.2) is 4.98 Å². The molecule has 0 aromatic carbocycles. The van der Waals surface area contributed by atoms with Crippen molar-refractivity contribution < 1.29 is 18.0 Å². The molecule has 18 heavy (non-hydrogen) atoms. The van der Waals surface area contributed by atoms with Crippen LogP contribution in [0.2, 0.25) is 0 Å². The normalized spacial score (nSPS) is 13.4. The molecule has 9 heteroatoms. The van der Waals surface area contributed by atoms with Crippen molar-refractivity contribution in [2.45, 2.75) is 25.7 Å². The number of rotatable bonds is 5. The molecule has 6 nitrogen and oxygen atoms in total. The summed E-state index contributed by atoms with van der Waals surface area (Å²) in [5.41, 5.74) is 0. The van der Waals surface area contributed by atoms with Crippen molar-refractivity contribution in [1.82, 2.24) is 25.4 Å². The molecule has 2 N–H and O–H groups in total. The van der Waals surface area contributed by atoms with Gasteiger partial charge in [0.15, 0.2) is 5.82 Å². The average Bonchev–Trinajstić information content (AvgIpc) is 2.67. The summed E-state index contributed by atoms with van der Waals surface area (Å²) >= 11 is 0. The molecule has 1 rings (SSSR count). The van der Waals surface area contributed by atoms with Crippen molar-refractivity contribution in [3.05, 3.63) is 12.2 Å². The highest BCUT2D eigenvalue weighted by Crippen LogP contribution is 2.12. The number of carbonyl (C=O) groups excluding carboxylic acids is 1. The Labute approximate surface area is 102 Å². The number of hydrogen-bond acceptors (Lipinski definition) is 4. The van der Waals surface area contributed by atoms with Crippen molar-refractivity contribution in [3.63, 3.8) is 0 Å². The maximum atomic E-state index is 11.9. The zero-order valence-electron chi connectivity index (χ0n) is 9.95. The van der Waals surface area contributed by atoms with Gasteiger partial charge in [-0.05, 0) is 6.92 Å². The van der Waals surface area contributed by atoms with Crippen molar-refractivity contribution in [1.29, 1.82) is 0 Å². The summed E-state index contributed by atoms with van der Waals surface area (Å²) in [4.78, 5) is 15.2. The lowest BCUT2D eigenvalue weighted by Crippen LogP contribution is -2.45. The Hall–Kier alpha value is -1.64. The van der Waals surface area contributed by atoms with E-state index in [9.17, 15) is 18.0 Å². The van der Waals surface area contributed by atoms with Crippen LogP contribution in [0.4, 0.5) is 13.2 Å². The number of aryl methyl sites for hydroxylation is 1. The Morgan fingerprint density at radius 1 is 1.56 bits per heavy atom. The first kappa shape index (κ1) is 14.4. The number of hydrogen-bond donors (Lipinski definition) is 2. The minimum Gasteiger partial charge on any atom is -0.346 e. The molecule has 1 aromatic heterocycles. The molecule has 0 saturated heterocycles. The molecule has 0 aliphatic heterocycles. The highest BCUT2D eigenvalue weighted by Gasteiger charge is 2.28. The van der Waals surface area contributed by atoms with E-state index in [1.807, 2.05) is 0 Å². The fraction of sp³-hybridized carbons (Fsp3) is 0.667. The van der Waals surface area contributed by atoms with Crippen molar-refractivity contribution in [2.75, 3.05) is 6.54 Å². The Bertz CT molecular complexity index is 403. The van der Waals surface area contributed by atoms with Crippen LogP contribution < -0.4 is 10.6 Å². The van der Waals surface area contributed by atoms with Gasteiger partial charge in [0.25, 0.3) is 0 Å². The van der Waals surface area contributed by atoms with Crippen LogP contribution in [-0.4, -0.2) is 39.4 Å². The zero-order chi connectivity index (χ0) is 13.8. The molecule has 0 spiro atoms. The molecule has 1 aromatic rings. The second kappa shape index (κ2) is 5.80. The van der Waals surface area contributed by atoms with E-state index in [0.29, 0.717) is 5.82 Å². The van der Waals surface area contributed by atoms with Gasteiger partial charge in [-0.15, -0.1) is 0 Å². The van der Waals surface area contributed by atoms with Gasteiger partial charge in [-0.2, -0.15) is 18.3 Å². The first-order chi connectivity index (χ1) is 8.28. The molecule has 1 unspecified atom stereocenters. The monoisotopic (exact) mass is 265 g/mol. The topological polar surface area (TPSA) is 71.8 Å². The molecule has 0 bridgehead atoms. The quantitative estimate of drug-likeness (QED) is 0.784. The zero-order valence-corrected chi connectivity index (χ0v) is 9.95. The molecule has 0 saturated carbocycles. The molecular weight excluding hydrogens is 251 g/mol. The second-order valence-electron chi connectivity index (χ2n) is 3.77. The Balaban J connectivity index is 2.32. The Morgan fingerprint density at radius 2 is 2.22 bits per heavy atom. The number of nitrogens with one attached hydrogen (secondary N) is 2. The third-order valence-electron chi connectivity index (χ3n) is 2.07. The van der Waals surface area contributed by atoms with Crippen molar-refractivity contribution in [3.8, 4) is 0 Å². The third kappa shape index (κ3) is 5.13. The molecule has 1 amide bonds. The van der Waals surface area contributed by atoms with Gasteiger partial charge >= 0.3 is 6.18 Å². The lowest BCUT2D eigenvalue weighted by Gasteiger charge is -2.14. The summed E-state index contributed by atoms with van der Waals surface area (Å²) in [6.45, 7) is 0.343. The lowest BCUT2D eigenvalue weighted by molar-refractivity contribution is -0.139. The summed E-state index contributed by atoms with van der Waals surface area (Å²) in [6, 6.07) is -0.754. The summed E-state index contributed by atoms with van der Waals surface area (Å²) in [6.07, 6.45) is -2.91. The second-order valence-corrected chi connectivity index (χ2v) is 3.77. The SMILES string of the molecule is CC(NCc1ncn(C)n1)C(=O)NCC(F)(F)F.